The molecule has 3 heteroatoms. The smallest absolute Gasteiger partial charge is 0.139 e. The van der Waals surface area contributed by atoms with Crippen molar-refractivity contribution in [1.29, 1.82) is 0 Å². The Labute approximate surface area is 82.0 Å². The molecule has 0 amide bonds. The molecule has 0 bridgehead atoms. The van der Waals surface area contributed by atoms with Crippen molar-refractivity contribution in [3.05, 3.63) is 28.7 Å². The molecule has 0 spiro atoms. The highest BCUT2D eigenvalue weighted by Gasteiger charge is 1.90. The Hall–Kier alpha value is 0.230. The van der Waals surface area contributed by atoms with Crippen LogP contribution in [0.2, 0.25) is 0 Å². The third-order valence-corrected chi connectivity index (χ3v) is 1.82. The molecule has 0 aromatic heterocycles. The number of hydrogen-bond donors (Lipinski definition) is 0. The van der Waals surface area contributed by atoms with Gasteiger partial charge in [0.2, 0.25) is 0 Å². The predicted molar refractivity (Wildman–Crippen MR) is 53.7 cm³/mol. The van der Waals surface area contributed by atoms with Gasteiger partial charge in [-0.05, 0) is 40.8 Å². The second-order valence-electron chi connectivity index (χ2n) is 1.71. The number of halogens is 2. The summed E-state index contributed by atoms with van der Waals surface area (Å²) < 4.78 is 6.98. The van der Waals surface area contributed by atoms with Gasteiger partial charge < -0.3 is 4.74 Å². The van der Waals surface area contributed by atoms with Crippen molar-refractivity contribution < 1.29 is 4.74 Å². The first-order valence-electron chi connectivity index (χ1n) is 2.77. The van der Waals surface area contributed by atoms with Crippen molar-refractivity contribution in [2.24, 2.45) is 0 Å². The Bertz CT molecular complexity index is 215. The first-order valence-corrected chi connectivity index (χ1v) is 5.09. The molecule has 10 heavy (non-hydrogen) atoms. The van der Waals surface area contributed by atoms with Gasteiger partial charge in [0.1, 0.15) is 10.4 Å². The molecule has 0 aliphatic carbocycles. The standard InChI is InChI=1S/C7H6BrIO/c8-6-2-1-3-7(4-6)10-5-9/h1-4H,5H2. The van der Waals surface area contributed by atoms with Gasteiger partial charge in [-0.15, -0.1) is 0 Å². The summed E-state index contributed by atoms with van der Waals surface area (Å²) in [7, 11) is 0. The van der Waals surface area contributed by atoms with Gasteiger partial charge in [-0.25, -0.2) is 0 Å². The highest BCUT2D eigenvalue weighted by Crippen LogP contribution is 2.17. The molecule has 1 nitrogen and oxygen atoms in total. The average Bonchev–Trinajstić information content (AvgIpc) is 1.88. The fourth-order valence-electron chi connectivity index (χ4n) is 0.620. The van der Waals surface area contributed by atoms with E-state index in [4.69, 9.17) is 4.74 Å². The topological polar surface area (TPSA) is 9.23 Å². The van der Waals surface area contributed by atoms with E-state index in [1.165, 1.54) is 0 Å². The quantitative estimate of drug-likeness (QED) is 0.602. The first kappa shape index (κ1) is 8.33. The lowest BCUT2D eigenvalue weighted by Crippen LogP contribution is -1.86. The molecular formula is C7H6BrIO. The fraction of sp³-hybridized carbons (Fsp3) is 0.143. The summed E-state index contributed by atoms with van der Waals surface area (Å²) in [5.41, 5.74) is 0. The van der Waals surface area contributed by atoms with E-state index in [-0.39, 0.29) is 0 Å². The maximum Gasteiger partial charge on any atom is 0.139 e. The summed E-state index contributed by atoms with van der Waals surface area (Å²) in [5.74, 6) is 0.906. The van der Waals surface area contributed by atoms with Crippen LogP contribution in [-0.4, -0.2) is 4.61 Å². The maximum atomic E-state index is 5.24. The average molecular weight is 313 g/mol. The molecule has 0 fully saturated rings. The van der Waals surface area contributed by atoms with Crippen LogP contribution in [0.5, 0.6) is 5.75 Å². The van der Waals surface area contributed by atoms with Crippen LogP contribution in [-0.2, 0) is 0 Å². The van der Waals surface area contributed by atoms with Gasteiger partial charge in [0.05, 0.1) is 0 Å². The van der Waals surface area contributed by atoms with E-state index in [0.717, 1.165) is 10.2 Å². The summed E-state index contributed by atoms with van der Waals surface area (Å²) >= 11 is 5.51. The van der Waals surface area contributed by atoms with Crippen molar-refractivity contribution in [2.75, 3.05) is 4.61 Å². The first-order chi connectivity index (χ1) is 4.83. The summed E-state index contributed by atoms with van der Waals surface area (Å²) in [5, 5.41) is 0. The predicted octanol–water partition coefficient (Wildman–Crippen LogP) is 3.22. The Morgan fingerprint density at radius 3 is 2.90 bits per heavy atom. The molecule has 1 aromatic rings. The van der Waals surface area contributed by atoms with Gasteiger partial charge in [0.15, 0.2) is 0 Å². The van der Waals surface area contributed by atoms with Crippen LogP contribution in [0.1, 0.15) is 0 Å². The summed E-state index contributed by atoms with van der Waals surface area (Å²) in [6, 6.07) is 7.80. The fourth-order valence-corrected chi connectivity index (χ4v) is 1.36. The number of benzene rings is 1. The molecule has 0 aliphatic rings. The summed E-state index contributed by atoms with van der Waals surface area (Å²) in [6.07, 6.45) is 0. The lowest BCUT2D eigenvalue weighted by Gasteiger charge is -2.00. The van der Waals surface area contributed by atoms with E-state index in [9.17, 15) is 0 Å². The van der Waals surface area contributed by atoms with Crippen molar-refractivity contribution >= 4 is 38.5 Å². The van der Waals surface area contributed by atoms with Gasteiger partial charge in [-0.3, -0.25) is 0 Å². The lowest BCUT2D eigenvalue weighted by atomic mass is 10.3. The van der Waals surface area contributed by atoms with E-state index in [2.05, 4.69) is 38.5 Å². The van der Waals surface area contributed by atoms with Crippen LogP contribution in [0.15, 0.2) is 28.7 Å². The molecule has 1 rings (SSSR count). The Balaban J connectivity index is 2.75. The largest absolute Gasteiger partial charge is 0.483 e. The maximum absolute atomic E-state index is 5.24. The highest BCUT2D eigenvalue weighted by molar-refractivity contribution is 14.1. The highest BCUT2D eigenvalue weighted by atomic mass is 127. The number of rotatable bonds is 2. The zero-order valence-electron chi connectivity index (χ0n) is 5.18. The van der Waals surface area contributed by atoms with Gasteiger partial charge in [0.25, 0.3) is 0 Å². The molecule has 0 radical (unpaired) electrons. The van der Waals surface area contributed by atoms with Crippen molar-refractivity contribution in [3.8, 4) is 5.75 Å². The van der Waals surface area contributed by atoms with Crippen LogP contribution in [0, 0.1) is 0 Å². The van der Waals surface area contributed by atoms with E-state index in [0.29, 0.717) is 4.61 Å². The van der Waals surface area contributed by atoms with Crippen LogP contribution in [0.4, 0.5) is 0 Å². The van der Waals surface area contributed by atoms with Crippen LogP contribution in [0.25, 0.3) is 0 Å². The molecular weight excluding hydrogens is 307 g/mol. The van der Waals surface area contributed by atoms with Crippen LogP contribution in [0.3, 0.4) is 0 Å². The molecule has 1 aromatic carbocycles. The van der Waals surface area contributed by atoms with Gasteiger partial charge in [-0.2, -0.15) is 0 Å². The van der Waals surface area contributed by atoms with E-state index in [1.807, 2.05) is 24.3 Å². The molecule has 0 saturated heterocycles. The molecule has 0 unspecified atom stereocenters. The lowest BCUT2D eigenvalue weighted by molar-refractivity contribution is 0.404. The Morgan fingerprint density at radius 1 is 1.50 bits per heavy atom. The minimum atomic E-state index is 0.689. The van der Waals surface area contributed by atoms with Crippen LogP contribution >= 0.6 is 38.5 Å². The SMILES string of the molecule is Brc1cccc(OCI)c1. The summed E-state index contributed by atoms with van der Waals surface area (Å²) in [4.78, 5) is 0. The van der Waals surface area contributed by atoms with E-state index < -0.39 is 0 Å². The monoisotopic (exact) mass is 312 g/mol. The Kier molecular flexibility index (Phi) is 3.48. The molecule has 0 heterocycles. The normalized spacial score (nSPS) is 9.40. The van der Waals surface area contributed by atoms with Crippen LogP contribution < -0.4 is 4.74 Å². The Morgan fingerprint density at radius 2 is 2.30 bits per heavy atom. The molecule has 0 saturated carbocycles. The number of hydrogen-bond acceptors (Lipinski definition) is 1. The minimum absolute atomic E-state index is 0.689. The molecule has 0 N–H and O–H groups in total. The third-order valence-electron chi connectivity index (χ3n) is 1.02. The zero-order chi connectivity index (χ0) is 7.40. The van der Waals surface area contributed by atoms with E-state index in [1.54, 1.807) is 0 Å². The zero-order valence-corrected chi connectivity index (χ0v) is 8.92. The summed E-state index contributed by atoms with van der Waals surface area (Å²) in [6.45, 7) is 0. The van der Waals surface area contributed by atoms with Crippen molar-refractivity contribution in [2.45, 2.75) is 0 Å². The van der Waals surface area contributed by atoms with Crippen molar-refractivity contribution in [3.63, 3.8) is 0 Å². The molecule has 0 aliphatic heterocycles. The second-order valence-corrected chi connectivity index (χ2v) is 3.25. The van der Waals surface area contributed by atoms with Crippen molar-refractivity contribution in [1.82, 2.24) is 0 Å². The number of alkyl halides is 1. The second kappa shape index (κ2) is 4.18. The third kappa shape index (κ3) is 2.46. The number of ether oxygens (including phenoxy) is 1. The molecule has 54 valence electrons. The van der Waals surface area contributed by atoms with Gasteiger partial charge >= 0.3 is 0 Å². The van der Waals surface area contributed by atoms with Gasteiger partial charge in [-0.1, -0.05) is 22.0 Å². The van der Waals surface area contributed by atoms with Gasteiger partial charge in [0, 0.05) is 4.47 Å². The molecule has 0 atom stereocenters. The minimum Gasteiger partial charge on any atom is -0.483 e. The van der Waals surface area contributed by atoms with E-state index >= 15 is 0 Å².